The Morgan fingerprint density at radius 2 is 1.42 bits per heavy atom. The monoisotopic (exact) mass is 354 g/mol. The molecule has 0 saturated carbocycles. The highest BCUT2D eigenvalue weighted by Gasteiger charge is 2.25. The number of methoxy groups -OCH3 is 1. The molecule has 2 heterocycles. The van der Waals surface area contributed by atoms with Gasteiger partial charge in [-0.25, -0.2) is 9.97 Å². The number of hydrogen-bond acceptors (Lipinski definition) is 5. The molecular weight excluding hydrogens is 332 g/mol. The molecule has 1 fully saturated rings. The van der Waals surface area contributed by atoms with Gasteiger partial charge in [-0.2, -0.15) is 0 Å². The van der Waals surface area contributed by atoms with E-state index in [2.05, 4.69) is 9.97 Å². The van der Waals surface area contributed by atoms with Crippen molar-refractivity contribution in [2.24, 2.45) is 0 Å². The van der Waals surface area contributed by atoms with Crippen LogP contribution in [0.5, 0.6) is 5.75 Å². The molecule has 0 unspecified atom stereocenters. The Hall–Kier alpha value is -2.96. The second-order valence-corrected chi connectivity index (χ2v) is 6.05. The van der Waals surface area contributed by atoms with Crippen LogP contribution in [0.1, 0.15) is 33.5 Å². The summed E-state index contributed by atoms with van der Waals surface area (Å²) in [5.41, 5.74) is 1.10. The zero-order valence-corrected chi connectivity index (χ0v) is 15.0. The molecular formula is C19H22N4O3. The van der Waals surface area contributed by atoms with Gasteiger partial charge in [-0.3, -0.25) is 9.59 Å². The summed E-state index contributed by atoms with van der Waals surface area (Å²) in [5.74, 6) is 1.31. The maximum atomic E-state index is 12.6. The Labute approximate surface area is 152 Å². The summed E-state index contributed by atoms with van der Waals surface area (Å²) in [6.45, 7) is 3.97. The van der Waals surface area contributed by atoms with Gasteiger partial charge in [-0.15, -0.1) is 0 Å². The van der Waals surface area contributed by atoms with E-state index < -0.39 is 0 Å². The lowest BCUT2D eigenvalue weighted by molar-refractivity contribution is 0.0535. The van der Waals surface area contributed by atoms with Crippen molar-refractivity contribution < 1.29 is 14.3 Å². The van der Waals surface area contributed by atoms with Crippen LogP contribution in [-0.4, -0.2) is 64.9 Å². The Balaban J connectivity index is 1.59. The lowest BCUT2D eigenvalue weighted by Crippen LogP contribution is -2.50. The van der Waals surface area contributed by atoms with Gasteiger partial charge in [0.1, 0.15) is 11.6 Å². The average molecular weight is 354 g/mol. The predicted molar refractivity (Wildman–Crippen MR) is 96.2 cm³/mol. The Morgan fingerprint density at radius 1 is 0.923 bits per heavy atom. The highest BCUT2D eigenvalue weighted by Crippen LogP contribution is 2.15. The fourth-order valence-corrected chi connectivity index (χ4v) is 2.86. The molecule has 0 spiro atoms. The third kappa shape index (κ3) is 3.82. The summed E-state index contributed by atoms with van der Waals surface area (Å²) < 4.78 is 5.11. The van der Waals surface area contributed by atoms with Crippen LogP contribution in [0.3, 0.4) is 0 Å². The van der Waals surface area contributed by atoms with E-state index >= 15 is 0 Å². The molecule has 1 aliphatic heterocycles. The van der Waals surface area contributed by atoms with E-state index in [4.69, 9.17) is 4.74 Å². The molecule has 1 aliphatic rings. The largest absolute Gasteiger partial charge is 0.497 e. The van der Waals surface area contributed by atoms with Crippen LogP contribution in [0.4, 0.5) is 0 Å². The molecule has 0 radical (unpaired) electrons. The quantitative estimate of drug-likeness (QED) is 0.834. The summed E-state index contributed by atoms with van der Waals surface area (Å²) >= 11 is 0. The Bertz CT molecular complexity index is 699. The summed E-state index contributed by atoms with van der Waals surface area (Å²) in [4.78, 5) is 37.0. The molecule has 7 heteroatoms. The fourth-order valence-electron chi connectivity index (χ4n) is 2.86. The lowest BCUT2D eigenvalue weighted by Gasteiger charge is -2.34. The maximum Gasteiger partial charge on any atom is 0.257 e. The van der Waals surface area contributed by atoms with E-state index in [-0.39, 0.29) is 11.8 Å². The number of carbonyl (C=O) groups excluding carboxylic acids is 2. The van der Waals surface area contributed by atoms with Crippen LogP contribution < -0.4 is 4.74 Å². The number of amides is 2. The van der Waals surface area contributed by atoms with Crippen LogP contribution in [0.25, 0.3) is 0 Å². The molecule has 7 nitrogen and oxygen atoms in total. The minimum Gasteiger partial charge on any atom is -0.497 e. The second kappa shape index (κ2) is 7.95. The van der Waals surface area contributed by atoms with Gasteiger partial charge in [0.25, 0.3) is 11.8 Å². The SMILES string of the molecule is CCc1ncc(C(=O)N2CCN(C(=O)c3ccc(OC)cc3)CC2)cn1. The van der Waals surface area contributed by atoms with Crippen molar-refractivity contribution in [3.05, 3.63) is 53.6 Å². The second-order valence-electron chi connectivity index (χ2n) is 6.05. The highest BCUT2D eigenvalue weighted by atomic mass is 16.5. The Morgan fingerprint density at radius 3 is 1.88 bits per heavy atom. The van der Waals surface area contributed by atoms with Gasteiger partial charge < -0.3 is 14.5 Å². The minimum absolute atomic E-state index is 0.0321. The smallest absolute Gasteiger partial charge is 0.257 e. The van der Waals surface area contributed by atoms with Gasteiger partial charge >= 0.3 is 0 Å². The zero-order chi connectivity index (χ0) is 18.5. The molecule has 1 saturated heterocycles. The molecule has 0 aliphatic carbocycles. The van der Waals surface area contributed by atoms with Gasteiger partial charge in [0.2, 0.25) is 0 Å². The van der Waals surface area contributed by atoms with E-state index in [0.29, 0.717) is 43.1 Å². The maximum absolute atomic E-state index is 12.6. The normalized spacial score (nSPS) is 14.2. The Kier molecular flexibility index (Phi) is 5.46. The van der Waals surface area contributed by atoms with Gasteiger partial charge in [-0.1, -0.05) is 6.92 Å². The van der Waals surface area contributed by atoms with Crippen molar-refractivity contribution >= 4 is 11.8 Å². The average Bonchev–Trinajstić information content (AvgIpc) is 2.73. The van der Waals surface area contributed by atoms with E-state index in [1.165, 1.54) is 0 Å². The third-order valence-electron chi connectivity index (χ3n) is 4.46. The number of nitrogens with zero attached hydrogens (tertiary/aromatic N) is 4. The fraction of sp³-hybridized carbons (Fsp3) is 0.368. The minimum atomic E-state index is -0.0933. The number of carbonyl (C=O) groups is 2. The number of aryl methyl sites for hydroxylation is 1. The van der Waals surface area contributed by atoms with Crippen LogP contribution >= 0.6 is 0 Å². The molecule has 0 atom stereocenters. The molecule has 1 aromatic heterocycles. The standard InChI is InChI=1S/C19H22N4O3/c1-3-17-20-12-15(13-21-17)19(25)23-10-8-22(9-11-23)18(24)14-4-6-16(26-2)7-5-14/h4-7,12-13H,3,8-11H2,1-2H3. The first-order valence-corrected chi connectivity index (χ1v) is 8.66. The molecule has 26 heavy (non-hydrogen) atoms. The van der Waals surface area contributed by atoms with Gasteiger partial charge in [0.15, 0.2) is 0 Å². The molecule has 0 bridgehead atoms. The molecule has 2 aromatic rings. The van der Waals surface area contributed by atoms with E-state index in [9.17, 15) is 9.59 Å². The zero-order valence-electron chi connectivity index (χ0n) is 15.0. The number of aromatic nitrogens is 2. The third-order valence-corrected chi connectivity index (χ3v) is 4.46. The highest BCUT2D eigenvalue weighted by molar-refractivity contribution is 5.95. The van der Waals surface area contributed by atoms with Crippen molar-refractivity contribution in [3.63, 3.8) is 0 Å². The van der Waals surface area contributed by atoms with E-state index in [0.717, 1.165) is 12.2 Å². The summed E-state index contributed by atoms with van der Waals surface area (Å²) in [6.07, 6.45) is 3.88. The first-order valence-electron chi connectivity index (χ1n) is 8.66. The van der Waals surface area contributed by atoms with Crippen LogP contribution in [0.2, 0.25) is 0 Å². The van der Waals surface area contributed by atoms with Crippen molar-refractivity contribution in [1.82, 2.24) is 19.8 Å². The first-order chi connectivity index (χ1) is 12.6. The van der Waals surface area contributed by atoms with Gasteiger partial charge in [0, 0.05) is 50.6 Å². The van der Waals surface area contributed by atoms with Crippen molar-refractivity contribution in [3.8, 4) is 5.75 Å². The number of hydrogen-bond donors (Lipinski definition) is 0. The number of piperazine rings is 1. The lowest BCUT2D eigenvalue weighted by atomic mass is 10.1. The molecule has 2 amide bonds. The van der Waals surface area contributed by atoms with Crippen LogP contribution in [0.15, 0.2) is 36.7 Å². The molecule has 3 rings (SSSR count). The van der Waals surface area contributed by atoms with Crippen LogP contribution in [0, 0.1) is 0 Å². The van der Waals surface area contributed by atoms with E-state index in [1.54, 1.807) is 53.6 Å². The first kappa shape index (κ1) is 17.8. The molecule has 136 valence electrons. The topological polar surface area (TPSA) is 75.6 Å². The number of benzene rings is 1. The summed E-state index contributed by atoms with van der Waals surface area (Å²) in [7, 11) is 1.59. The molecule has 0 N–H and O–H groups in total. The van der Waals surface area contributed by atoms with Crippen molar-refractivity contribution in [2.45, 2.75) is 13.3 Å². The van der Waals surface area contributed by atoms with Crippen LogP contribution in [-0.2, 0) is 6.42 Å². The summed E-state index contributed by atoms with van der Waals surface area (Å²) in [6, 6.07) is 7.05. The number of rotatable bonds is 4. The van der Waals surface area contributed by atoms with Crippen molar-refractivity contribution in [1.29, 1.82) is 0 Å². The van der Waals surface area contributed by atoms with Crippen molar-refractivity contribution in [2.75, 3.05) is 33.3 Å². The van der Waals surface area contributed by atoms with Gasteiger partial charge in [-0.05, 0) is 24.3 Å². The predicted octanol–water partition coefficient (Wildman–Crippen LogP) is 1.65. The molecule has 1 aromatic carbocycles. The number of ether oxygens (including phenoxy) is 1. The van der Waals surface area contributed by atoms with Gasteiger partial charge in [0.05, 0.1) is 12.7 Å². The summed E-state index contributed by atoms with van der Waals surface area (Å²) in [5, 5.41) is 0. The van der Waals surface area contributed by atoms with E-state index in [1.807, 2.05) is 6.92 Å².